The van der Waals surface area contributed by atoms with E-state index in [1.807, 2.05) is 22.6 Å². The number of aliphatic carboxylic acids is 2. The van der Waals surface area contributed by atoms with Crippen LogP contribution in [0.3, 0.4) is 0 Å². The number of rotatable bonds is 9. The summed E-state index contributed by atoms with van der Waals surface area (Å²) >= 11 is 1.96. The molecule has 154 valence electrons. The predicted molar refractivity (Wildman–Crippen MR) is 114 cm³/mol. The quantitative estimate of drug-likeness (QED) is 0.265. The highest BCUT2D eigenvalue weighted by Crippen LogP contribution is 2.31. The number of alkyl halides is 1. The molecule has 0 atom stereocenters. The lowest BCUT2D eigenvalue weighted by Gasteiger charge is -2.28. The summed E-state index contributed by atoms with van der Waals surface area (Å²) in [6.07, 6.45) is -0.273. The van der Waals surface area contributed by atoms with Gasteiger partial charge in [-0.2, -0.15) is 0 Å². The lowest BCUT2D eigenvalue weighted by Crippen LogP contribution is -2.46. The smallest absolute Gasteiger partial charge is 0.336 e. The Morgan fingerprint density at radius 1 is 0.931 bits per heavy atom. The van der Waals surface area contributed by atoms with Crippen LogP contribution in [0.2, 0.25) is 0 Å². The molecule has 8 heteroatoms. The van der Waals surface area contributed by atoms with E-state index in [9.17, 15) is 29.7 Å². The summed E-state index contributed by atoms with van der Waals surface area (Å²) in [5, 5.41) is 28.6. The molecule has 3 N–H and O–H groups in total. The minimum Gasteiger partial charge on any atom is -0.480 e. The zero-order chi connectivity index (χ0) is 21.8. The van der Waals surface area contributed by atoms with E-state index >= 15 is 0 Å². The molecule has 2 aromatic rings. The first-order chi connectivity index (χ1) is 13.5. The SMILES string of the molecule is CC(C)(I)OCC(Cc1ccc(-c2ccccc2C(=O)O)cc1)(C(=O)O)C(=O)O. The fraction of sp³-hybridized carbons (Fsp3) is 0.286. The predicted octanol–water partition coefficient (Wildman–Crippen LogP) is 3.94. The second-order valence-corrected chi connectivity index (χ2v) is 9.67. The summed E-state index contributed by atoms with van der Waals surface area (Å²) in [6.45, 7) is 2.92. The molecule has 0 heterocycles. The van der Waals surface area contributed by atoms with Crippen molar-refractivity contribution in [3.63, 3.8) is 0 Å². The monoisotopic (exact) mass is 512 g/mol. The molecule has 0 saturated heterocycles. The number of hydrogen-bond donors (Lipinski definition) is 3. The summed E-state index contributed by atoms with van der Waals surface area (Å²) in [4.78, 5) is 35.1. The summed E-state index contributed by atoms with van der Waals surface area (Å²) in [5.41, 5.74) is -0.357. The van der Waals surface area contributed by atoms with E-state index in [0.29, 0.717) is 16.7 Å². The third-order valence-electron chi connectivity index (χ3n) is 4.41. The van der Waals surface area contributed by atoms with Gasteiger partial charge in [-0.05, 0) is 59.2 Å². The highest BCUT2D eigenvalue weighted by atomic mass is 127. The molecule has 0 spiro atoms. The summed E-state index contributed by atoms with van der Waals surface area (Å²) in [6, 6.07) is 13.0. The van der Waals surface area contributed by atoms with Gasteiger partial charge in [0, 0.05) is 6.42 Å². The fourth-order valence-corrected chi connectivity index (χ4v) is 2.94. The molecule has 0 aliphatic carbocycles. The maximum Gasteiger partial charge on any atom is 0.336 e. The third kappa shape index (κ3) is 5.54. The Balaban J connectivity index is 2.35. The standard InChI is InChI=1S/C21H21IO7/c1-20(2,22)29-12-21(18(25)26,19(27)28)11-13-7-9-14(10-8-13)15-5-3-4-6-16(15)17(23)24/h3-10H,11-12H2,1-2H3,(H,23,24)(H,25,26)(H,27,28). The second kappa shape index (κ2) is 8.91. The third-order valence-corrected chi connectivity index (χ3v) is 4.72. The lowest BCUT2D eigenvalue weighted by molar-refractivity contribution is -0.171. The Morgan fingerprint density at radius 3 is 1.97 bits per heavy atom. The molecule has 0 aromatic heterocycles. The molecule has 2 aromatic carbocycles. The number of carboxylic acid groups (broad SMARTS) is 3. The van der Waals surface area contributed by atoms with Crippen molar-refractivity contribution in [3.05, 3.63) is 59.7 Å². The molecule has 0 bridgehead atoms. The lowest BCUT2D eigenvalue weighted by atomic mass is 9.82. The molecular weight excluding hydrogens is 491 g/mol. The summed E-state index contributed by atoms with van der Waals surface area (Å²) in [7, 11) is 0. The van der Waals surface area contributed by atoms with Gasteiger partial charge in [0.1, 0.15) is 3.61 Å². The fourth-order valence-electron chi connectivity index (χ4n) is 2.78. The number of carbonyl (C=O) groups is 3. The second-order valence-electron chi connectivity index (χ2n) is 7.07. The van der Waals surface area contributed by atoms with Crippen LogP contribution in [0.1, 0.15) is 29.8 Å². The summed E-state index contributed by atoms with van der Waals surface area (Å²) < 4.78 is 4.76. The zero-order valence-electron chi connectivity index (χ0n) is 15.9. The van der Waals surface area contributed by atoms with Crippen LogP contribution in [-0.2, 0) is 20.7 Å². The Bertz CT molecular complexity index is 899. The van der Waals surface area contributed by atoms with Crippen LogP contribution in [0.4, 0.5) is 0 Å². The van der Waals surface area contributed by atoms with Crippen LogP contribution in [0.25, 0.3) is 11.1 Å². The van der Waals surface area contributed by atoms with Crippen molar-refractivity contribution in [2.75, 3.05) is 6.61 Å². The highest BCUT2D eigenvalue weighted by Gasteiger charge is 2.48. The minimum absolute atomic E-state index is 0.142. The average molecular weight is 512 g/mol. The Hall–Kier alpha value is -2.46. The molecule has 7 nitrogen and oxygen atoms in total. The Labute approximate surface area is 181 Å². The first-order valence-electron chi connectivity index (χ1n) is 8.67. The molecule has 0 saturated carbocycles. The van der Waals surface area contributed by atoms with Gasteiger partial charge in [-0.15, -0.1) is 0 Å². The van der Waals surface area contributed by atoms with Crippen LogP contribution in [-0.4, -0.2) is 43.4 Å². The van der Waals surface area contributed by atoms with E-state index in [4.69, 9.17) is 4.74 Å². The van der Waals surface area contributed by atoms with E-state index in [2.05, 4.69) is 0 Å². The molecule has 0 amide bonds. The van der Waals surface area contributed by atoms with Crippen molar-refractivity contribution in [2.24, 2.45) is 5.41 Å². The van der Waals surface area contributed by atoms with E-state index in [0.717, 1.165) is 0 Å². The topological polar surface area (TPSA) is 121 Å². The zero-order valence-corrected chi connectivity index (χ0v) is 18.0. The maximum atomic E-state index is 11.9. The number of ether oxygens (including phenoxy) is 1. The molecular formula is C21H21IO7. The number of aromatic carboxylic acids is 1. The van der Waals surface area contributed by atoms with Crippen molar-refractivity contribution < 1.29 is 34.4 Å². The van der Waals surface area contributed by atoms with Crippen LogP contribution < -0.4 is 0 Å². The van der Waals surface area contributed by atoms with Crippen molar-refractivity contribution in [3.8, 4) is 11.1 Å². The van der Waals surface area contributed by atoms with Gasteiger partial charge in [0.25, 0.3) is 0 Å². The first kappa shape index (κ1) is 22.8. The molecule has 0 aliphatic rings. The van der Waals surface area contributed by atoms with Gasteiger partial charge in [-0.3, -0.25) is 9.59 Å². The van der Waals surface area contributed by atoms with Crippen molar-refractivity contribution in [2.45, 2.75) is 23.9 Å². The maximum absolute atomic E-state index is 11.9. The molecule has 0 unspecified atom stereocenters. The normalized spacial score (nSPS) is 11.8. The van der Waals surface area contributed by atoms with Gasteiger partial charge in [-0.1, -0.05) is 42.5 Å². The highest BCUT2D eigenvalue weighted by molar-refractivity contribution is 14.1. The number of halogens is 1. The molecule has 2 rings (SSSR count). The minimum atomic E-state index is -2.14. The van der Waals surface area contributed by atoms with Gasteiger partial charge in [-0.25, -0.2) is 4.79 Å². The van der Waals surface area contributed by atoms with E-state index in [-0.39, 0.29) is 12.0 Å². The van der Waals surface area contributed by atoms with Gasteiger partial charge < -0.3 is 20.1 Å². The van der Waals surface area contributed by atoms with Crippen molar-refractivity contribution >= 4 is 40.5 Å². The summed E-state index contributed by atoms with van der Waals surface area (Å²) in [5.74, 6) is -4.02. The Kier molecular flexibility index (Phi) is 7.02. The van der Waals surface area contributed by atoms with E-state index in [1.165, 1.54) is 6.07 Å². The van der Waals surface area contributed by atoms with E-state index < -0.39 is 33.5 Å². The number of benzene rings is 2. The van der Waals surface area contributed by atoms with Crippen LogP contribution in [0.5, 0.6) is 0 Å². The number of hydrogen-bond acceptors (Lipinski definition) is 4. The van der Waals surface area contributed by atoms with Gasteiger partial charge in [0.05, 0.1) is 12.2 Å². The van der Waals surface area contributed by atoms with E-state index in [1.54, 1.807) is 56.3 Å². The molecule has 0 aliphatic heterocycles. The van der Waals surface area contributed by atoms with Crippen LogP contribution >= 0.6 is 22.6 Å². The Morgan fingerprint density at radius 2 is 1.48 bits per heavy atom. The first-order valence-corrected chi connectivity index (χ1v) is 9.75. The van der Waals surface area contributed by atoms with Crippen LogP contribution in [0.15, 0.2) is 48.5 Å². The van der Waals surface area contributed by atoms with Gasteiger partial charge in [0.15, 0.2) is 5.41 Å². The molecule has 29 heavy (non-hydrogen) atoms. The van der Waals surface area contributed by atoms with Gasteiger partial charge >= 0.3 is 17.9 Å². The molecule has 0 radical (unpaired) electrons. The van der Waals surface area contributed by atoms with Crippen molar-refractivity contribution in [1.29, 1.82) is 0 Å². The largest absolute Gasteiger partial charge is 0.480 e. The molecule has 0 fully saturated rings. The van der Waals surface area contributed by atoms with Gasteiger partial charge in [0.2, 0.25) is 0 Å². The van der Waals surface area contributed by atoms with Crippen LogP contribution in [0, 0.1) is 5.41 Å². The van der Waals surface area contributed by atoms with Crippen molar-refractivity contribution in [1.82, 2.24) is 0 Å². The number of carboxylic acids is 3. The average Bonchev–Trinajstić information content (AvgIpc) is 2.64.